The lowest BCUT2D eigenvalue weighted by Crippen LogP contribution is -2.01. The lowest BCUT2D eigenvalue weighted by molar-refractivity contribution is 0.0627. The molecule has 0 N–H and O–H groups in total. The molecule has 0 bridgehead atoms. The van der Waals surface area contributed by atoms with Gasteiger partial charge in [-0.3, -0.25) is 0 Å². The van der Waals surface area contributed by atoms with Crippen molar-refractivity contribution in [2.45, 2.75) is 52.1 Å². The van der Waals surface area contributed by atoms with Crippen LogP contribution in [0, 0.1) is 0 Å². The van der Waals surface area contributed by atoms with E-state index >= 15 is 0 Å². The highest BCUT2D eigenvalue weighted by Gasteiger charge is 2.06. The second kappa shape index (κ2) is 9.42. The molecule has 1 heteroatoms. The van der Waals surface area contributed by atoms with Crippen LogP contribution in [0.25, 0.3) is 11.1 Å². The Morgan fingerprint density at radius 2 is 1.41 bits per heavy atom. The molecule has 0 saturated heterocycles. The second-order valence-corrected chi connectivity index (χ2v) is 5.92. The lowest BCUT2D eigenvalue weighted by atomic mass is 10.0. The first-order chi connectivity index (χ1) is 10.8. The minimum absolute atomic E-state index is 0.177. The fourth-order valence-corrected chi connectivity index (χ4v) is 2.64. The van der Waals surface area contributed by atoms with E-state index in [0.29, 0.717) is 0 Å². The number of rotatable bonds is 9. The number of unbranched alkanes of at least 4 members (excludes halogenated alkanes) is 4. The van der Waals surface area contributed by atoms with Crippen LogP contribution in [-0.4, -0.2) is 6.61 Å². The van der Waals surface area contributed by atoms with Gasteiger partial charge in [-0.25, -0.2) is 0 Å². The third kappa shape index (κ3) is 5.31. The van der Waals surface area contributed by atoms with Crippen molar-refractivity contribution < 1.29 is 4.74 Å². The predicted octanol–water partition coefficient (Wildman–Crippen LogP) is 6.40. The fraction of sp³-hybridized carbons (Fsp3) is 0.429. The molecule has 0 aliphatic rings. The van der Waals surface area contributed by atoms with Crippen molar-refractivity contribution in [3.8, 4) is 11.1 Å². The third-order valence-electron chi connectivity index (χ3n) is 4.10. The maximum Gasteiger partial charge on any atom is 0.0796 e. The van der Waals surface area contributed by atoms with Gasteiger partial charge in [-0.1, -0.05) is 87.2 Å². The van der Waals surface area contributed by atoms with Gasteiger partial charge in [0.05, 0.1) is 6.10 Å². The van der Waals surface area contributed by atoms with Crippen LogP contribution in [0.5, 0.6) is 0 Å². The molecule has 2 rings (SSSR count). The first kappa shape index (κ1) is 16.8. The summed E-state index contributed by atoms with van der Waals surface area (Å²) in [4.78, 5) is 0. The zero-order valence-corrected chi connectivity index (χ0v) is 13.9. The molecule has 118 valence electrons. The molecule has 1 nitrogen and oxygen atoms in total. The molecule has 0 fully saturated rings. The van der Waals surface area contributed by atoms with Gasteiger partial charge in [0, 0.05) is 6.61 Å². The van der Waals surface area contributed by atoms with Gasteiger partial charge < -0.3 is 4.74 Å². The minimum atomic E-state index is 0.177. The Bertz CT molecular complexity index is 515. The van der Waals surface area contributed by atoms with Gasteiger partial charge in [0.15, 0.2) is 0 Å². The summed E-state index contributed by atoms with van der Waals surface area (Å²) in [7, 11) is 0. The van der Waals surface area contributed by atoms with Gasteiger partial charge in [-0.2, -0.15) is 0 Å². The number of hydrogen-bond acceptors (Lipinski definition) is 1. The predicted molar refractivity (Wildman–Crippen MR) is 95.0 cm³/mol. The summed E-state index contributed by atoms with van der Waals surface area (Å²) in [5, 5.41) is 0. The van der Waals surface area contributed by atoms with E-state index in [2.05, 4.69) is 62.4 Å². The quantitative estimate of drug-likeness (QED) is 0.486. The molecular weight excluding hydrogens is 268 g/mol. The van der Waals surface area contributed by atoms with Gasteiger partial charge in [-0.05, 0) is 30.0 Å². The Hall–Kier alpha value is -1.60. The molecule has 1 atom stereocenters. The highest BCUT2D eigenvalue weighted by molar-refractivity contribution is 5.63. The average Bonchev–Trinajstić information content (AvgIpc) is 2.59. The van der Waals surface area contributed by atoms with Crippen LogP contribution in [-0.2, 0) is 4.74 Å². The summed E-state index contributed by atoms with van der Waals surface area (Å²) in [6, 6.07) is 19.2. The Morgan fingerprint density at radius 1 is 0.773 bits per heavy atom. The highest BCUT2D eigenvalue weighted by atomic mass is 16.5. The van der Waals surface area contributed by atoms with Crippen LogP contribution in [0.15, 0.2) is 54.6 Å². The van der Waals surface area contributed by atoms with E-state index in [9.17, 15) is 0 Å². The minimum Gasteiger partial charge on any atom is -0.374 e. The summed E-state index contributed by atoms with van der Waals surface area (Å²) < 4.78 is 5.95. The monoisotopic (exact) mass is 296 g/mol. The zero-order valence-electron chi connectivity index (χ0n) is 13.9. The topological polar surface area (TPSA) is 9.23 Å². The van der Waals surface area contributed by atoms with Gasteiger partial charge in [0.25, 0.3) is 0 Å². The van der Waals surface area contributed by atoms with E-state index < -0.39 is 0 Å². The molecule has 0 spiro atoms. The highest BCUT2D eigenvalue weighted by Crippen LogP contribution is 2.23. The standard InChI is InChI=1S/C21H28O/c1-3-4-5-6-10-17-22-18(2)19-13-15-21(16-14-19)20-11-8-7-9-12-20/h7-9,11-16,18H,3-6,10,17H2,1-2H3. The molecular formula is C21H28O. The Kier molecular flexibility index (Phi) is 7.18. The van der Waals surface area contributed by atoms with E-state index in [0.717, 1.165) is 6.61 Å². The molecule has 0 aromatic heterocycles. The van der Waals surface area contributed by atoms with Crippen molar-refractivity contribution in [1.82, 2.24) is 0 Å². The van der Waals surface area contributed by atoms with Gasteiger partial charge in [-0.15, -0.1) is 0 Å². The van der Waals surface area contributed by atoms with E-state index in [4.69, 9.17) is 4.74 Å². The van der Waals surface area contributed by atoms with Crippen LogP contribution in [0.1, 0.15) is 57.6 Å². The Labute approximate surface area is 135 Å². The maximum atomic E-state index is 5.95. The summed E-state index contributed by atoms with van der Waals surface area (Å²) in [6.07, 6.45) is 6.61. The van der Waals surface area contributed by atoms with Crippen LogP contribution in [0.3, 0.4) is 0 Å². The summed E-state index contributed by atoms with van der Waals surface area (Å²) in [5.41, 5.74) is 3.78. The van der Waals surface area contributed by atoms with E-state index in [1.807, 2.05) is 6.07 Å². The first-order valence-electron chi connectivity index (χ1n) is 8.58. The lowest BCUT2D eigenvalue weighted by Gasteiger charge is -2.14. The number of benzene rings is 2. The third-order valence-corrected chi connectivity index (χ3v) is 4.10. The molecule has 22 heavy (non-hydrogen) atoms. The van der Waals surface area contributed by atoms with E-state index in [1.54, 1.807) is 0 Å². The van der Waals surface area contributed by atoms with Crippen molar-refractivity contribution in [1.29, 1.82) is 0 Å². The van der Waals surface area contributed by atoms with Crippen molar-refractivity contribution in [3.05, 3.63) is 60.2 Å². The largest absolute Gasteiger partial charge is 0.374 e. The maximum absolute atomic E-state index is 5.95. The first-order valence-corrected chi connectivity index (χ1v) is 8.58. The van der Waals surface area contributed by atoms with Crippen molar-refractivity contribution in [3.63, 3.8) is 0 Å². The molecule has 0 saturated carbocycles. The summed E-state index contributed by atoms with van der Waals surface area (Å²) >= 11 is 0. The zero-order chi connectivity index (χ0) is 15.6. The molecule has 0 aliphatic carbocycles. The van der Waals surface area contributed by atoms with Crippen LogP contribution in [0.2, 0.25) is 0 Å². The smallest absolute Gasteiger partial charge is 0.0796 e. The van der Waals surface area contributed by atoms with Crippen LogP contribution >= 0.6 is 0 Å². The molecule has 0 amide bonds. The molecule has 1 unspecified atom stereocenters. The summed E-state index contributed by atoms with van der Waals surface area (Å²) in [5.74, 6) is 0. The Morgan fingerprint density at radius 3 is 2.09 bits per heavy atom. The van der Waals surface area contributed by atoms with Crippen molar-refractivity contribution in [2.75, 3.05) is 6.61 Å². The summed E-state index contributed by atoms with van der Waals surface area (Å²) in [6.45, 7) is 5.26. The van der Waals surface area contributed by atoms with Crippen LogP contribution in [0.4, 0.5) is 0 Å². The van der Waals surface area contributed by atoms with E-state index in [-0.39, 0.29) is 6.10 Å². The molecule has 0 aliphatic heterocycles. The van der Waals surface area contributed by atoms with Crippen molar-refractivity contribution in [2.24, 2.45) is 0 Å². The Balaban J connectivity index is 1.80. The molecule has 0 radical (unpaired) electrons. The SMILES string of the molecule is CCCCCCCOC(C)c1ccc(-c2ccccc2)cc1. The molecule has 0 heterocycles. The number of ether oxygens (including phenoxy) is 1. The van der Waals surface area contributed by atoms with Gasteiger partial charge >= 0.3 is 0 Å². The number of hydrogen-bond donors (Lipinski definition) is 0. The van der Waals surface area contributed by atoms with Crippen LogP contribution < -0.4 is 0 Å². The fourth-order valence-electron chi connectivity index (χ4n) is 2.64. The molecule has 2 aromatic carbocycles. The normalized spacial score (nSPS) is 12.3. The van der Waals surface area contributed by atoms with E-state index in [1.165, 1.54) is 48.8 Å². The molecule has 2 aromatic rings. The van der Waals surface area contributed by atoms with Crippen molar-refractivity contribution >= 4 is 0 Å². The van der Waals surface area contributed by atoms with Gasteiger partial charge in [0.1, 0.15) is 0 Å². The van der Waals surface area contributed by atoms with Gasteiger partial charge in [0.2, 0.25) is 0 Å². The second-order valence-electron chi connectivity index (χ2n) is 5.92. The average molecular weight is 296 g/mol.